The number of hydrogen-bond acceptors (Lipinski definition) is 3. The number of benzene rings is 2. The topological polar surface area (TPSA) is 54.5 Å². The normalized spacial score (nSPS) is 13.8. The number of amides is 1. The van der Waals surface area contributed by atoms with E-state index in [0.29, 0.717) is 19.5 Å². The van der Waals surface area contributed by atoms with E-state index >= 15 is 0 Å². The standard InChI is InChI=1S/C19H21NO3S/c1-2-11-24(22,23)14-19(21)20-12-15-7-3-5-9-17(15)18-10-6-4-8-16(18)13-20/h3-10H,2,11-14H2,1H3. The first-order valence-electron chi connectivity index (χ1n) is 8.14. The van der Waals surface area contributed by atoms with E-state index < -0.39 is 15.6 Å². The molecule has 1 aliphatic rings. The van der Waals surface area contributed by atoms with Crippen molar-refractivity contribution in [3.63, 3.8) is 0 Å². The zero-order valence-corrected chi connectivity index (χ0v) is 14.6. The van der Waals surface area contributed by atoms with Gasteiger partial charge >= 0.3 is 0 Å². The van der Waals surface area contributed by atoms with Crippen molar-refractivity contribution in [2.75, 3.05) is 11.5 Å². The van der Waals surface area contributed by atoms with Gasteiger partial charge in [-0.15, -0.1) is 0 Å². The van der Waals surface area contributed by atoms with Crippen molar-refractivity contribution in [1.29, 1.82) is 0 Å². The van der Waals surface area contributed by atoms with Gasteiger partial charge < -0.3 is 4.90 Å². The van der Waals surface area contributed by atoms with Crippen molar-refractivity contribution in [1.82, 2.24) is 4.90 Å². The van der Waals surface area contributed by atoms with Crippen LogP contribution in [0.4, 0.5) is 0 Å². The summed E-state index contributed by atoms with van der Waals surface area (Å²) in [5.74, 6) is -0.680. The summed E-state index contributed by atoms with van der Waals surface area (Å²) in [4.78, 5) is 14.3. The second-order valence-electron chi connectivity index (χ2n) is 6.16. The quantitative estimate of drug-likeness (QED) is 0.857. The molecule has 0 radical (unpaired) electrons. The summed E-state index contributed by atoms with van der Waals surface area (Å²) in [6.07, 6.45) is 0.529. The molecule has 2 aromatic rings. The van der Waals surface area contributed by atoms with Crippen LogP contribution in [0.25, 0.3) is 11.1 Å². The van der Waals surface area contributed by atoms with E-state index in [1.165, 1.54) is 0 Å². The summed E-state index contributed by atoms with van der Waals surface area (Å²) in [6, 6.07) is 16.0. The highest BCUT2D eigenvalue weighted by Gasteiger charge is 2.25. The molecule has 0 N–H and O–H groups in total. The number of nitrogens with zero attached hydrogens (tertiary/aromatic N) is 1. The zero-order chi connectivity index (χ0) is 17.2. The second-order valence-corrected chi connectivity index (χ2v) is 8.34. The van der Waals surface area contributed by atoms with Crippen molar-refractivity contribution in [2.24, 2.45) is 0 Å². The Balaban J connectivity index is 1.95. The summed E-state index contributed by atoms with van der Waals surface area (Å²) in [6.45, 7) is 2.68. The van der Waals surface area contributed by atoms with Gasteiger partial charge in [-0.2, -0.15) is 0 Å². The molecular weight excluding hydrogens is 322 g/mol. The molecule has 126 valence electrons. The van der Waals surface area contributed by atoms with Gasteiger partial charge in [0.2, 0.25) is 5.91 Å². The number of fused-ring (bicyclic) bond motifs is 3. The molecule has 0 aromatic heterocycles. The van der Waals surface area contributed by atoms with Crippen LogP contribution in [0.3, 0.4) is 0 Å². The largest absolute Gasteiger partial charge is 0.333 e. The molecule has 3 rings (SSSR count). The van der Waals surface area contributed by atoms with Crippen LogP contribution >= 0.6 is 0 Å². The van der Waals surface area contributed by atoms with Crippen molar-refractivity contribution in [3.05, 3.63) is 59.7 Å². The van der Waals surface area contributed by atoms with Gasteiger partial charge in [-0.1, -0.05) is 55.5 Å². The van der Waals surface area contributed by atoms with Gasteiger partial charge in [-0.3, -0.25) is 4.79 Å². The molecule has 0 atom stereocenters. The fourth-order valence-electron chi connectivity index (χ4n) is 3.15. The van der Waals surface area contributed by atoms with E-state index in [4.69, 9.17) is 0 Å². The molecule has 1 amide bonds. The van der Waals surface area contributed by atoms with Crippen LogP contribution in [0.2, 0.25) is 0 Å². The molecule has 5 heteroatoms. The lowest BCUT2D eigenvalue weighted by Gasteiger charge is -2.21. The summed E-state index contributed by atoms with van der Waals surface area (Å²) >= 11 is 0. The highest BCUT2D eigenvalue weighted by atomic mass is 32.2. The Labute approximate surface area is 143 Å². The number of carbonyl (C=O) groups is 1. The SMILES string of the molecule is CCCS(=O)(=O)CC(=O)N1Cc2ccccc2-c2ccccc2C1. The monoisotopic (exact) mass is 343 g/mol. The number of sulfone groups is 1. The molecule has 2 aromatic carbocycles. The molecule has 1 heterocycles. The first-order valence-corrected chi connectivity index (χ1v) is 9.96. The van der Waals surface area contributed by atoms with Crippen LogP contribution in [0.15, 0.2) is 48.5 Å². The van der Waals surface area contributed by atoms with E-state index in [0.717, 1.165) is 22.3 Å². The van der Waals surface area contributed by atoms with Crippen molar-refractivity contribution < 1.29 is 13.2 Å². The van der Waals surface area contributed by atoms with Crippen molar-refractivity contribution >= 4 is 15.7 Å². The fourth-order valence-corrected chi connectivity index (χ4v) is 4.47. The Bertz CT molecular complexity index is 811. The number of rotatable bonds is 4. The van der Waals surface area contributed by atoms with Gasteiger partial charge in [0.25, 0.3) is 0 Å². The third kappa shape index (κ3) is 3.51. The summed E-state index contributed by atoms with van der Waals surface area (Å²) in [7, 11) is -3.34. The van der Waals surface area contributed by atoms with Gasteiger partial charge in [0.15, 0.2) is 9.84 Å². The number of hydrogen-bond donors (Lipinski definition) is 0. The predicted octanol–water partition coefficient (Wildman–Crippen LogP) is 3.02. The lowest BCUT2D eigenvalue weighted by Crippen LogP contribution is -2.35. The van der Waals surface area contributed by atoms with Gasteiger partial charge in [0.05, 0.1) is 5.75 Å². The smallest absolute Gasteiger partial charge is 0.238 e. The van der Waals surface area contributed by atoms with Crippen LogP contribution < -0.4 is 0 Å². The van der Waals surface area contributed by atoms with Crippen LogP contribution in [0.1, 0.15) is 24.5 Å². The molecule has 0 unspecified atom stereocenters. The average Bonchev–Trinajstić information content (AvgIpc) is 2.71. The third-order valence-corrected chi connectivity index (χ3v) is 5.98. The third-order valence-electron chi connectivity index (χ3n) is 4.26. The molecular formula is C19H21NO3S. The van der Waals surface area contributed by atoms with Crippen LogP contribution in [-0.2, 0) is 27.7 Å². The molecule has 24 heavy (non-hydrogen) atoms. The van der Waals surface area contributed by atoms with E-state index in [1.54, 1.807) is 11.8 Å². The first kappa shape index (κ1) is 16.7. The molecule has 0 fully saturated rings. The van der Waals surface area contributed by atoms with Gasteiger partial charge in [-0.25, -0.2) is 8.42 Å². The van der Waals surface area contributed by atoms with E-state index in [-0.39, 0.29) is 11.7 Å². The first-order chi connectivity index (χ1) is 11.5. The maximum absolute atomic E-state index is 12.6. The Hall–Kier alpha value is -2.14. The second kappa shape index (κ2) is 6.77. The van der Waals surface area contributed by atoms with Crippen molar-refractivity contribution in [2.45, 2.75) is 26.4 Å². The van der Waals surface area contributed by atoms with Crippen LogP contribution in [-0.4, -0.2) is 30.7 Å². The fraction of sp³-hybridized carbons (Fsp3) is 0.316. The maximum Gasteiger partial charge on any atom is 0.238 e. The minimum Gasteiger partial charge on any atom is -0.333 e. The lowest BCUT2D eigenvalue weighted by atomic mass is 9.97. The molecule has 1 aliphatic heterocycles. The molecule has 0 saturated heterocycles. The highest BCUT2D eigenvalue weighted by molar-refractivity contribution is 7.92. The zero-order valence-electron chi connectivity index (χ0n) is 13.7. The Morgan fingerprint density at radius 2 is 1.46 bits per heavy atom. The molecule has 0 saturated carbocycles. The summed E-state index contributed by atoms with van der Waals surface area (Å²) < 4.78 is 24.0. The van der Waals surface area contributed by atoms with Gasteiger partial charge in [0, 0.05) is 13.1 Å². The average molecular weight is 343 g/mol. The Kier molecular flexibility index (Phi) is 4.71. The Morgan fingerprint density at radius 1 is 0.958 bits per heavy atom. The molecule has 0 spiro atoms. The van der Waals surface area contributed by atoms with Crippen molar-refractivity contribution in [3.8, 4) is 11.1 Å². The van der Waals surface area contributed by atoms with Gasteiger partial charge in [0.1, 0.15) is 5.75 Å². The van der Waals surface area contributed by atoms with Crippen LogP contribution in [0.5, 0.6) is 0 Å². The minimum absolute atomic E-state index is 0.0553. The number of carbonyl (C=O) groups excluding carboxylic acids is 1. The summed E-state index contributed by atoms with van der Waals surface area (Å²) in [5, 5.41) is 0. The molecule has 0 aliphatic carbocycles. The Morgan fingerprint density at radius 3 is 1.96 bits per heavy atom. The highest BCUT2D eigenvalue weighted by Crippen LogP contribution is 2.32. The van der Waals surface area contributed by atoms with E-state index in [2.05, 4.69) is 12.1 Å². The maximum atomic E-state index is 12.6. The van der Waals surface area contributed by atoms with E-state index in [9.17, 15) is 13.2 Å². The van der Waals surface area contributed by atoms with E-state index in [1.807, 2.05) is 36.4 Å². The summed E-state index contributed by atoms with van der Waals surface area (Å²) in [5.41, 5.74) is 4.31. The lowest BCUT2D eigenvalue weighted by molar-refractivity contribution is -0.129. The predicted molar refractivity (Wildman–Crippen MR) is 95.1 cm³/mol. The molecule has 0 bridgehead atoms. The molecule has 4 nitrogen and oxygen atoms in total. The minimum atomic E-state index is -3.34. The van der Waals surface area contributed by atoms with Crippen LogP contribution in [0, 0.1) is 0 Å². The van der Waals surface area contributed by atoms with Gasteiger partial charge in [-0.05, 0) is 28.7 Å².